The zero-order valence-corrected chi connectivity index (χ0v) is 13.6. The van der Waals surface area contributed by atoms with Crippen LogP contribution < -0.4 is 0 Å². The summed E-state index contributed by atoms with van der Waals surface area (Å²) in [5.41, 5.74) is 1.85. The van der Waals surface area contributed by atoms with Gasteiger partial charge >= 0.3 is 5.97 Å². The first-order valence-corrected chi connectivity index (χ1v) is 8.17. The molecule has 1 fully saturated rings. The lowest BCUT2D eigenvalue weighted by atomic mass is 10.1. The highest BCUT2D eigenvalue weighted by Gasteiger charge is 2.29. The molecule has 1 N–H and O–H groups in total. The minimum Gasteiger partial charge on any atom is -0.480 e. The van der Waals surface area contributed by atoms with Gasteiger partial charge in [-0.3, -0.25) is 14.4 Å². The summed E-state index contributed by atoms with van der Waals surface area (Å²) in [6.07, 6.45) is 4.63. The molecule has 0 bridgehead atoms. The van der Waals surface area contributed by atoms with Crippen LogP contribution in [0.3, 0.4) is 0 Å². The summed E-state index contributed by atoms with van der Waals surface area (Å²) >= 11 is 6.44. The molecule has 1 aromatic rings. The number of likely N-dealkylation sites (tertiary alicyclic amines) is 1. The van der Waals surface area contributed by atoms with Crippen LogP contribution in [0.5, 0.6) is 0 Å². The first-order valence-electron chi connectivity index (χ1n) is 7.79. The zero-order valence-electron chi connectivity index (χ0n) is 12.8. The molecule has 6 heteroatoms. The summed E-state index contributed by atoms with van der Waals surface area (Å²) < 4.78 is 1.91. The summed E-state index contributed by atoms with van der Waals surface area (Å²) in [5.74, 6) is -0.730. The van der Waals surface area contributed by atoms with E-state index in [1.165, 1.54) is 0 Å². The van der Waals surface area contributed by atoms with Gasteiger partial charge in [-0.05, 0) is 32.7 Å². The van der Waals surface area contributed by atoms with Crippen LogP contribution in [0, 0.1) is 0 Å². The highest BCUT2D eigenvalue weighted by atomic mass is 35.5. The minimum absolute atomic E-state index is 0.408. The Labute approximate surface area is 130 Å². The van der Waals surface area contributed by atoms with Crippen molar-refractivity contribution in [1.82, 2.24) is 14.7 Å². The normalized spacial score (nSPS) is 20.4. The van der Waals surface area contributed by atoms with Crippen molar-refractivity contribution in [1.29, 1.82) is 0 Å². The van der Waals surface area contributed by atoms with Crippen molar-refractivity contribution < 1.29 is 9.90 Å². The van der Waals surface area contributed by atoms with Crippen molar-refractivity contribution in [2.24, 2.45) is 0 Å². The Kier molecular flexibility index (Phi) is 5.65. The van der Waals surface area contributed by atoms with Gasteiger partial charge in [0.25, 0.3) is 0 Å². The number of aryl methyl sites for hydroxylation is 2. The summed E-state index contributed by atoms with van der Waals surface area (Å²) in [5, 5.41) is 14.7. The summed E-state index contributed by atoms with van der Waals surface area (Å²) in [4.78, 5) is 13.6. The molecule has 1 atom stereocenters. The van der Waals surface area contributed by atoms with Crippen LogP contribution in [0.4, 0.5) is 0 Å². The summed E-state index contributed by atoms with van der Waals surface area (Å²) in [6.45, 7) is 6.19. The lowest BCUT2D eigenvalue weighted by Gasteiger charge is -2.26. The van der Waals surface area contributed by atoms with Gasteiger partial charge in [0.05, 0.1) is 16.4 Å². The van der Waals surface area contributed by atoms with E-state index in [2.05, 4.69) is 5.10 Å². The van der Waals surface area contributed by atoms with Gasteiger partial charge in [-0.25, -0.2) is 0 Å². The Morgan fingerprint density at radius 1 is 1.38 bits per heavy atom. The van der Waals surface area contributed by atoms with Crippen LogP contribution >= 0.6 is 11.6 Å². The standard InChI is InChI=1S/C15H24ClN3O2/c1-3-11-14(16)13(19(4-2)17-11)10-18-9-7-5-6-8-12(18)15(20)21/h12H,3-10H2,1-2H3,(H,20,21). The molecule has 2 rings (SSSR count). The predicted molar refractivity (Wildman–Crippen MR) is 82.6 cm³/mol. The molecule has 118 valence electrons. The molecule has 21 heavy (non-hydrogen) atoms. The molecular formula is C15H24ClN3O2. The van der Waals surface area contributed by atoms with Crippen LogP contribution in [0.2, 0.25) is 5.02 Å². The van der Waals surface area contributed by atoms with Gasteiger partial charge in [-0.15, -0.1) is 0 Å². The number of halogens is 1. The van der Waals surface area contributed by atoms with E-state index in [1.54, 1.807) is 0 Å². The average Bonchev–Trinajstić information content (AvgIpc) is 2.65. The van der Waals surface area contributed by atoms with Crippen LogP contribution in [0.25, 0.3) is 0 Å². The number of rotatable bonds is 5. The smallest absolute Gasteiger partial charge is 0.320 e. The SMILES string of the molecule is CCc1nn(CC)c(CN2CCCCCC2C(=O)O)c1Cl. The van der Waals surface area contributed by atoms with E-state index < -0.39 is 12.0 Å². The quantitative estimate of drug-likeness (QED) is 0.908. The fraction of sp³-hybridized carbons (Fsp3) is 0.733. The summed E-state index contributed by atoms with van der Waals surface area (Å²) in [7, 11) is 0. The van der Waals surface area contributed by atoms with Gasteiger partial charge in [-0.1, -0.05) is 31.4 Å². The lowest BCUT2D eigenvalue weighted by Crippen LogP contribution is -2.40. The minimum atomic E-state index is -0.730. The van der Waals surface area contributed by atoms with Crippen molar-refractivity contribution in [3.63, 3.8) is 0 Å². The molecular weight excluding hydrogens is 290 g/mol. The van der Waals surface area contributed by atoms with Gasteiger partial charge in [0.15, 0.2) is 0 Å². The van der Waals surface area contributed by atoms with E-state index in [-0.39, 0.29) is 0 Å². The third-order valence-corrected chi connectivity index (χ3v) is 4.63. The van der Waals surface area contributed by atoms with Crippen molar-refractivity contribution in [2.45, 2.75) is 65.1 Å². The Balaban J connectivity index is 2.25. The number of hydrogen-bond acceptors (Lipinski definition) is 3. The Hall–Kier alpha value is -1.07. The Bertz CT molecular complexity index is 501. The van der Waals surface area contributed by atoms with Crippen molar-refractivity contribution in [2.75, 3.05) is 6.54 Å². The van der Waals surface area contributed by atoms with Gasteiger partial charge < -0.3 is 5.11 Å². The Morgan fingerprint density at radius 3 is 2.76 bits per heavy atom. The molecule has 0 saturated carbocycles. The topological polar surface area (TPSA) is 58.4 Å². The molecule has 0 aliphatic carbocycles. The largest absolute Gasteiger partial charge is 0.480 e. The van der Waals surface area contributed by atoms with Crippen LogP contribution in [0.1, 0.15) is 50.9 Å². The fourth-order valence-corrected chi connectivity index (χ4v) is 3.33. The third-order valence-electron chi connectivity index (χ3n) is 4.20. The molecule has 1 aliphatic rings. The number of nitrogens with zero attached hydrogens (tertiary/aromatic N) is 3. The maximum atomic E-state index is 11.5. The van der Waals surface area contributed by atoms with E-state index in [0.29, 0.717) is 18.0 Å². The second kappa shape index (κ2) is 7.27. The van der Waals surface area contributed by atoms with E-state index in [0.717, 1.165) is 50.2 Å². The molecule has 5 nitrogen and oxygen atoms in total. The highest BCUT2D eigenvalue weighted by Crippen LogP contribution is 2.26. The van der Waals surface area contributed by atoms with Crippen molar-refractivity contribution >= 4 is 17.6 Å². The number of carbonyl (C=O) groups is 1. The maximum Gasteiger partial charge on any atom is 0.320 e. The number of hydrogen-bond donors (Lipinski definition) is 1. The molecule has 0 aromatic carbocycles. The maximum absolute atomic E-state index is 11.5. The first-order chi connectivity index (χ1) is 10.1. The zero-order chi connectivity index (χ0) is 15.4. The van der Waals surface area contributed by atoms with E-state index in [9.17, 15) is 9.90 Å². The number of carboxylic acid groups (broad SMARTS) is 1. The van der Waals surface area contributed by atoms with Gasteiger partial charge in [0, 0.05) is 13.1 Å². The van der Waals surface area contributed by atoms with Crippen molar-refractivity contribution in [3.8, 4) is 0 Å². The number of aliphatic carboxylic acids is 1. The molecule has 1 aliphatic heterocycles. The molecule has 0 amide bonds. The van der Waals surface area contributed by atoms with Gasteiger partial charge in [0.1, 0.15) is 6.04 Å². The van der Waals surface area contributed by atoms with Gasteiger partial charge in [-0.2, -0.15) is 5.10 Å². The molecule has 1 aromatic heterocycles. The van der Waals surface area contributed by atoms with Crippen LogP contribution in [-0.2, 0) is 24.3 Å². The van der Waals surface area contributed by atoms with E-state index in [4.69, 9.17) is 11.6 Å². The molecule has 0 radical (unpaired) electrons. The number of aromatic nitrogens is 2. The van der Waals surface area contributed by atoms with E-state index in [1.807, 2.05) is 23.4 Å². The molecule has 1 unspecified atom stereocenters. The second-order valence-electron chi connectivity index (χ2n) is 5.55. The fourth-order valence-electron chi connectivity index (χ4n) is 3.00. The second-order valence-corrected chi connectivity index (χ2v) is 5.93. The Morgan fingerprint density at radius 2 is 2.14 bits per heavy atom. The first kappa shape index (κ1) is 16.3. The lowest BCUT2D eigenvalue weighted by molar-refractivity contribution is -0.143. The summed E-state index contributed by atoms with van der Waals surface area (Å²) in [6, 6.07) is -0.408. The van der Waals surface area contributed by atoms with Crippen LogP contribution in [0.15, 0.2) is 0 Å². The van der Waals surface area contributed by atoms with E-state index >= 15 is 0 Å². The number of carboxylic acids is 1. The molecule has 0 spiro atoms. The van der Waals surface area contributed by atoms with Crippen molar-refractivity contribution in [3.05, 3.63) is 16.4 Å². The highest BCUT2D eigenvalue weighted by molar-refractivity contribution is 6.31. The third kappa shape index (κ3) is 3.58. The van der Waals surface area contributed by atoms with Crippen LogP contribution in [-0.4, -0.2) is 38.3 Å². The predicted octanol–water partition coefficient (Wildman–Crippen LogP) is 2.95. The molecule has 2 heterocycles. The average molecular weight is 314 g/mol. The monoisotopic (exact) mass is 313 g/mol. The van der Waals surface area contributed by atoms with Gasteiger partial charge in [0.2, 0.25) is 0 Å². The molecule has 1 saturated heterocycles.